The van der Waals surface area contributed by atoms with Gasteiger partial charge in [-0.05, 0) is 57.0 Å². The Labute approximate surface area is 143 Å². The molecule has 1 heterocycles. The number of hydrogen-bond acceptors (Lipinski definition) is 4. The van der Waals surface area contributed by atoms with Gasteiger partial charge in [-0.3, -0.25) is 9.78 Å². The topological polar surface area (TPSA) is 77.2 Å². The van der Waals surface area contributed by atoms with E-state index in [1.807, 2.05) is 52.0 Å². The van der Waals surface area contributed by atoms with E-state index < -0.39 is 5.54 Å². The molecule has 0 saturated carbocycles. The normalized spacial score (nSPS) is 11.2. The standard InChI is InChI=1S/C19H25N3O2/c1-13-8-16(18(23)22-19(3,4)12-20)9-14(2)17(13)24-11-15-6-5-7-21-10-15/h5-10H,11-12,20H2,1-4H3,(H,22,23). The number of ether oxygens (including phenoxy) is 1. The van der Waals surface area contributed by atoms with E-state index in [2.05, 4.69) is 10.3 Å². The molecule has 0 saturated heterocycles. The third-order valence-corrected chi connectivity index (χ3v) is 3.79. The zero-order valence-corrected chi connectivity index (χ0v) is 14.7. The third-order valence-electron chi connectivity index (χ3n) is 3.79. The molecule has 0 unspecified atom stereocenters. The minimum Gasteiger partial charge on any atom is -0.488 e. The van der Waals surface area contributed by atoms with Crippen LogP contribution in [0.2, 0.25) is 0 Å². The van der Waals surface area contributed by atoms with Crippen molar-refractivity contribution in [1.29, 1.82) is 0 Å². The Hall–Kier alpha value is -2.40. The van der Waals surface area contributed by atoms with Crippen LogP contribution in [0.15, 0.2) is 36.7 Å². The van der Waals surface area contributed by atoms with E-state index in [0.717, 1.165) is 22.4 Å². The Bertz CT molecular complexity index is 689. The summed E-state index contributed by atoms with van der Waals surface area (Å²) in [6.07, 6.45) is 3.51. The number of aromatic nitrogens is 1. The van der Waals surface area contributed by atoms with E-state index >= 15 is 0 Å². The number of nitrogens with zero attached hydrogens (tertiary/aromatic N) is 1. The fourth-order valence-electron chi connectivity index (χ4n) is 2.38. The van der Waals surface area contributed by atoms with Crippen LogP contribution in [0.3, 0.4) is 0 Å². The van der Waals surface area contributed by atoms with Gasteiger partial charge in [-0.2, -0.15) is 0 Å². The maximum atomic E-state index is 12.4. The van der Waals surface area contributed by atoms with Crippen molar-refractivity contribution >= 4 is 5.91 Å². The number of rotatable bonds is 6. The van der Waals surface area contributed by atoms with Crippen molar-refractivity contribution in [3.05, 3.63) is 58.9 Å². The Morgan fingerprint density at radius 3 is 2.50 bits per heavy atom. The quantitative estimate of drug-likeness (QED) is 0.855. The molecule has 0 aliphatic carbocycles. The van der Waals surface area contributed by atoms with Gasteiger partial charge in [-0.15, -0.1) is 0 Å². The zero-order chi connectivity index (χ0) is 17.7. The van der Waals surface area contributed by atoms with Gasteiger partial charge in [-0.25, -0.2) is 0 Å². The van der Waals surface area contributed by atoms with E-state index in [1.54, 1.807) is 12.4 Å². The summed E-state index contributed by atoms with van der Waals surface area (Å²) < 4.78 is 5.92. The van der Waals surface area contributed by atoms with E-state index in [1.165, 1.54) is 0 Å². The third kappa shape index (κ3) is 4.55. The molecule has 128 valence electrons. The maximum Gasteiger partial charge on any atom is 0.251 e. The van der Waals surface area contributed by atoms with Crippen molar-refractivity contribution in [2.24, 2.45) is 5.73 Å². The Kier molecular flexibility index (Phi) is 5.57. The van der Waals surface area contributed by atoms with Crippen LogP contribution in [0.4, 0.5) is 0 Å². The van der Waals surface area contributed by atoms with Crippen LogP contribution < -0.4 is 15.8 Å². The van der Waals surface area contributed by atoms with Crippen molar-refractivity contribution in [2.75, 3.05) is 6.54 Å². The molecular weight excluding hydrogens is 302 g/mol. The van der Waals surface area contributed by atoms with Crippen LogP contribution in [0, 0.1) is 13.8 Å². The Balaban J connectivity index is 2.14. The lowest BCUT2D eigenvalue weighted by molar-refractivity contribution is 0.0915. The number of carbonyl (C=O) groups is 1. The minimum absolute atomic E-state index is 0.129. The second kappa shape index (κ2) is 7.45. The largest absolute Gasteiger partial charge is 0.488 e. The second-order valence-electron chi connectivity index (χ2n) is 6.63. The molecule has 0 aliphatic heterocycles. The fourth-order valence-corrected chi connectivity index (χ4v) is 2.38. The van der Waals surface area contributed by atoms with Crippen molar-refractivity contribution in [3.63, 3.8) is 0 Å². The van der Waals surface area contributed by atoms with Crippen LogP contribution in [0.5, 0.6) is 5.75 Å². The highest BCUT2D eigenvalue weighted by molar-refractivity contribution is 5.95. The molecule has 0 atom stereocenters. The summed E-state index contributed by atoms with van der Waals surface area (Å²) in [5.41, 5.74) is 8.70. The summed E-state index contributed by atoms with van der Waals surface area (Å²) in [7, 11) is 0. The van der Waals surface area contributed by atoms with Gasteiger partial charge in [0, 0.05) is 35.6 Å². The van der Waals surface area contributed by atoms with Gasteiger partial charge >= 0.3 is 0 Å². The molecule has 2 aromatic rings. The van der Waals surface area contributed by atoms with Crippen LogP contribution >= 0.6 is 0 Å². The van der Waals surface area contributed by atoms with Gasteiger partial charge in [0.15, 0.2) is 0 Å². The maximum absolute atomic E-state index is 12.4. The number of hydrogen-bond donors (Lipinski definition) is 2. The zero-order valence-electron chi connectivity index (χ0n) is 14.7. The van der Waals surface area contributed by atoms with E-state index in [-0.39, 0.29) is 5.91 Å². The molecule has 0 radical (unpaired) electrons. The molecule has 0 aliphatic rings. The molecule has 0 spiro atoms. The highest BCUT2D eigenvalue weighted by Gasteiger charge is 2.20. The molecule has 5 nitrogen and oxygen atoms in total. The first-order valence-electron chi connectivity index (χ1n) is 7.98. The highest BCUT2D eigenvalue weighted by atomic mass is 16.5. The van der Waals surface area contributed by atoms with Crippen molar-refractivity contribution in [1.82, 2.24) is 10.3 Å². The number of carbonyl (C=O) groups excluding carboxylic acids is 1. The first-order chi connectivity index (χ1) is 11.3. The Morgan fingerprint density at radius 2 is 1.96 bits per heavy atom. The molecule has 24 heavy (non-hydrogen) atoms. The van der Waals surface area contributed by atoms with Crippen molar-refractivity contribution in [3.8, 4) is 5.75 Å². The molecule has 0 fully saturated rings. The lowest BCUT2D eigenvalue weighted by Gasteiger charge is -2.24. The monoisotopic (exact) mass is 327 g/mol. The minimum atomic E-state index is -0.436. The van der Waals surface area contributed by atoms with Crippen LogP contribution in [0.1, 0.15) is 40.9 Å². The van der Waals surface area contributed by atoms with Gasteiger partial charge in [-0.1, -0.05) is 6.07 Å². The average molecular weight is 327 g/mol. The molecule has 1 aromatic heterocycles. The summed E-state index contributed by atoms with van der Waals surface area (Å²) in [6.45, 7) is 8.50. The number of pyridine rings is 1. The predicted molar refractivity (Wildman–Crippen MR) is 95.1 cm³/mol. The van der Waals surface area contributed by atoms with E-state index in [4.69, 9.17) is 10.5 Å². The molecule has 1 amide bonds. The van der Waals surface area contributed by atoms with Gasteiger partial charge in [0.05, 0.1) is 0 Å². The molecule has 1 aromatic carbocycles. The lowest BCUT2D eigenvalue weighted by atomic mass is 10.0. The van der Waals surface area contributed by atoms with Crippen LogP contribution in [-0.4, -0.2) is 23.0 Å². The van der Waals surface area contributed by atoms with Crippen LogP contribution in [0.25, 0.3) is 0 Å². The summed E-state index contributed by atoms with van der Waals surface area (Å²) in [6, 6.07) is 7.53. The molecule has 5 heteroatoms. The number of amides is 1. The van der Waals surface area contributed by atoms with Gasteiger partial charge < -0.3 is 15.8 Å². The van der Waals surface area contributed by atoms with Gasteiger partial charge in [0.2, 0.25) is 0 Å². The second-order valence-corrected chi connectivity index (χ2v) is 6.63. The van der Waals surface area contributed by atoms with E-state index in [9.17, 15) is 4.79 Å². The average Bonchev–Trinajstić information content (AvgIpc) is 2.54. The van der Waals surface area contributed by atoms with Crippen molar-refractivity contribution in [2.45, 2.75) is 39.8 Å². The summed E-state index contributed by atoms with van der Waals surface area (Å²) in [5.74, 6) is 0.670. The van der Waals surface area contributed by atoms with Crippen molar-refractivity contribution < 1.29 is 9.53 Å². The molecule has 2 rings (SSSR count). The Morgan fingerprint density at radius 1 is 1.29 bits per heavy atom. The number of benzene rings is 1. The first kappa shape index (κ1) is 17.9. The SMILES string of the molecule is Cc1cc(C(=O)NC(C)(C)CN)cc(C)c1OCc1cccnc1. The summed E-state index contributed by atoms with van der Waals surface area (Å²) in [4.78, 5) is 16.5. The molecular formula is C19H25N3O2. The number of aryl methyl sites for hydroxylation is 2. The molecule has 0 bridgehead atoms. The predicted octanol–water partition coefficient (Wildman–Crippen LogP) is 2.74. The summed E-state index contributed by atoms with van der Waals surface area (Å²) >= 11 is 0. The number of nitrogens with one attached hydrogen (secondary N) is 1. The van der Waals surface area contributed by atoms with Crippen LogP contribution in [-0.2, 0) is 6.61 Å². The van der Waals surface area contributed by atoms with E-state index in [0.29, 0.717) is 18.7 Å². The highest BCUT2D eigenvalue weighted by Crippen LogP contribution is 2.26. The van der Waals surface area contributed by atoms with Gasteiger partial charge in [0.1, 0.15) is 12.4 Å². The van der Waals surface area contributed by atoms with Gasteiger partial charge in [0.25, 0.3) is 5.91 Å². The fraction of sp³-hybridized carbons (Fsp3) is 0.368. The smallest absolute Gasteiger partial charge is 0.251 e. The number of nitrogens with two attached hydrogens (primary N) is 1. The lowest BCUT2D eigenvalue weighted by Crippen LogP contribution is -2.48. The first-order valence-corrected chi connectivity index (χ1v) is 7.98. The molecule has 3 N–H and O–H groups in total. The summed E-state index contributed by atoms with van der Waals surface area (Å²) in [5, 5.41) is 2.94.